The van der Waals surface area contributed by atoms with Crippen molar-refractivity contribution in [2.45, 2.75) is 79.1 Å². The van der Waals surface area contributed by atoms with Gasteiger partial charge in [-0.25, -0.2) is 9.36 Å². The van der Waals surface area contributed by atoms with E-state index in [4.69, 9.17) is 0 Å². The molecule has 0 aliphatic rings. The summed E-state index contributed by atoms with van der Waals surface area (Å²) in [5.41, 5.74) is 11.0. The van der Waals surface area contributed by atoms with Gasteiger partial charge in [-0.3, -0.25) is 0 Å². The van der Waals surface area contributed by atoms with Gasteiger partial charge in [-0.2, -0.15) is 0 Å². The van der Waals surface area contributed by atoms with Crippen LogP contribution in [0, 0.1) is 0 Å². The third kappa shape index (κ3) is 5.23. The number of nitrogens with zero attached hydrogens (tertiary/aromatic N) is 6. The van der Waals surface area contributed by atoms with Crippen molar-refractivity contribution in [3.63, 3.8) is 0 Å². The molecule has 2 aromatic heterocycles. The van der Waals surface area contributed by atoms with Crippen molar-refractivity contribution in [2.24, 2.45) is 0 Å². The minimum absolute atomic E-state index is 0.379. The molecule has 6 nitrogen and oxygen atoms in total. The Kier molecular flexibility index (Phi) is 7.70. The third-order valence-electron chi connectivity index (χ3n) is 7.58. The van der Waals surface area contributed by atoms with Crippen molar-refractivity contribution in [1.82, 2.24) is 30.0 Å². The van der Waals surface area contributed by atoms with E-state index in [1.54, 1.807) is 0 Å². The molecule has 0 radical (unpaired) electrons. The number of benzene rings is 3. The molecule has 0 saturated carbocycles. The van der Waals surface area contributed by atoms with E-state index in [9.17, 15) is 0 Å². The van der Waals surface area contributed by atoms with Crippen LogP contribution in [-0.2, 0) is 0 Å². The van der Waals surface area contributed by atoms with Gasteiger partial charge in [-0.05, 0) is 52.0 Å². The van der Waals surface area contributed by atoms with Crippen LogP contribution >= 0.6 is 0 Å². The van der Waals surface area contributed by atoms with Crippen LogP contribution in [-0.4, -0.2) is 30.0 Å². The molecule has 0 aliphatic heterocycles. The smallest absolute Gasteiger partial charge is 0.113 e. The zero-order valence-electron chi connectivity index (χ0n) is 24.9. The Morgan fingerprint density at radius 3 is 1.12 bits per heavy atom. The summed E-state index contributed by atoms with van der Waals surface area (Å²) >= 11 is 0. The Morgan fingerprint density at radius 1 is 0.475 bits per heavy atom. The molecule has 0 bridgehead atoms. The molecule has 3 aromatic carbocycles. The predicted molar refractivity (Wildman–Crippen MR) is 164 cm³/mol. The van der Waals surface area contributed by atoms with Gasteiger partial charge in [0.1, 0.15) is 11.4 Å². The molecule has 0 unspecified atom stereocenters. The van der Waals surface area contributed by atoms with Crippen LogP contribution in [0.5, 0.6) is 0 Å². The monoisotopic (exact) mass is 532 g/mol. The maximum Gasteiger partial charge on any atom is 0.113 e. The quantitative estimate of drug-likeness (QED) is 0.201. The van der Waals surface area contributed by atoms with Crippen LogP contribution < -0.4 is 0 Å². The summed E-state index contributed by atoms with van der Waals surface area (Å²) in [6, 6.07) is 21.4. The Bertz CT molecular complexity index is 1450. The first kappa shape index (κ1) is 27.5. The normalized spacial score (nSPS) is 11.9. The molecule has 0 saturated heterocycles. The average Bonchev–Trinajstić information content (AvgIpc) is 3.63. The van der Waals surface area contributed by atoms with Gasteiger partial charge < -0.3 is 0 Å². The highest BCUT2D eigenvalue weighted by atomic mass is 15.4. The molecule has 2 heterocycles. The second-order valence-corrected chi connectivity index (χ2v) is 11.9. The van der Waals surface area contributed by atoms with E-state index in [-0.39, 0.29) is 0 Å². The Balaban J connectivity index is 1.52. The van der Waals surface area contributed by atoms with Crippen LogP contribution in [0.2, 0.25) is 0 Å². The van der Waals surface area contributed by atoms with Gasteiger partial charge in [0.05, 0.1) is 23.8 Å². The first-order valence-corrected chi connectivity index (χ1v) is 14.4. The highest BCUT2D eigenvalue weighted by Gasteiger charge is 2.19. The van der Waals surface area contributed by atoms with Crippen LogP contribution in [0.3, 0.4) is 0 Å². The molecule has 0 aliphatic carbocycles. The molecule has 6 heteroatoms. The lowest BCUT2D eigenvalue weighted by molar-refractivity contribution is 0.742. The Morgan fingerprint density at radius 2 is 0.800 bits per heavy atom. The highest BCUT2D eigenvalue weighted by Crippen LogP contribution is 2.33. The summed E-state index contributed by atoms with van der Waals surface area (Å²) in [5, 5.41) is 18.3. The minimum Gasteiger partial charge on any atom is -0.220 e. The summed E-state index contributed by atoms with van der Waals surface area (Å²) in [4.78, 5) is 0. The third-order valence-corrected chi connectivity index (χ3v) is 7.58. The molecular formula is C34H40N6. The number of aromatic nitrogens is 6. The van der Waals surface area contributed by atoms with Gasteiger partial charge in [-0.1, -0.05) is 120 Å². The van der Waals surface area contributed by atoms with E-state index < -0.39 is 0 Å². The summed E-state index contributed by atoms with van der Waals surface area (Å²) < 4.78 is 3.89. The van der Waals surface area contributed by atoms with Crippen LogP contribution in [0.4, 0.5) is 0 Å². The van der Waals surface area contributed by atoms with Gasteiger partial charge in [0, 0.05) is 11.1 Å². The van der Waals surface area contributed by atoms with E-state index in [0.717, 1.165) is 33.9 Å². The maximum atomic E-state index is 4.59. The number of hydrogen-bond donors (Lipinski definition) is 0. The Hall–Kier alpha value is -4.06. The largest absolute Gasteiger partial charge is 0.220 e. The van der Waals surface area contributed by atoms with Gasteiger partial charge in [-0.15, -0.1) is 10.2 Å². The topological polar surface area (TPSA) is 61.4 Å². The van der Waals surface area contributed by atoms with Gasteiger partial charge in [0.15, 0.2) is 0 Å². The zero-order chi connectivity index (χ0) is 28.6. The van der Waals surface area contributed by atoms with E-state index in [2.05, 4.69) is 131 Å². The zero-order valence-corrected chi connectivity index (χ0v) is 24.9. The highest BCUT2D eigenvalue weighted by molar-refractivity contribution is 5.69. The van der Waals surface area contributed by atoms with Crippen LogP contribution in [0.15, 0.2) is 73.1 Å². The molecule has 40 heavy (non-hydrogen) atoms. The second-order valence-electron chi connectivity index (χ2n) is 11.9. The molecule has 5 aromatic rings. The minimum atomic E-state index is 0.379. The Labute approximate surface area is 238 Å². The molecule has 0 spiro atoms. The fourth-order valence-electron chi connectivity index (χ4n) is 5.40. The van der Waals surface area contributed by atoms with Crippen molar-refractivity contribution in [1.29, 1.82) is 0 Å². The summed E-state index contributed by atoms with van der Waals surface area (Å²) in [6.45, 7) is 17.8. The summed E-state index contributed by atoms with van der Waals surface area (Å²) in [5.74, 6) is 1.52. The van der Waals surface area contributed by atoms with Crippen LogP contribution in [0.1, 0.15) is 101 Å². The molecule has 206 valence electrons. The van der Waals surface area contributed by atoms with Crippen molar-refractivity contribution in [2.75, 3.05) is 0 Å². The predicted octanol–water partition coefficient (Wildman–Crippen LogP) is 8.68. The standard InChI is InChI=1S/C34H40N6/c1-21(2)27-14-10-15-28(22(3)4)33(27)39-19-31(35-37-39)25-12-9-13-26(18-25)32-20-40(38-36-32)34-29(23(5)6)16-11-17-30(34)24(7)8/h9-24H,1-8H3. The summed E-state index contributed by atoms with van der Waals surface area (Å²) in [6.07, 6.45) is 4.08. The lowest BCUT2D eigenvalue weighted by atomic mass is 9.93. The van der Waals surface area contributed by atoms with Crippen molar-refractivity contribution < 1.29 is 0 Å². The number of para-hydroxylation sites is 2. The van der Waals surface area contributed by atoms with E-state index in [0.29, 0.717) is 23.7 Å². The van der Waals surface area contributed by atoms with Crippen molar-refractivity contribution in [3.05, 3.63) is 95.3 Å². The van der Waals surface area contributed by atoms with Crippen molar-refractivity contribution >= 4 is 0 Å². The number of hydrogen-bond acceptors (Lipinski definition) is 4. The van der Waals surface area contributed by atoms with E-state index in [1.165, 1.54) is 22.3 Å². The first-order chi connectivity index (χ1) is 19.2. The molecule has 5 rings (SSSR count). The van der Waals surface area contributed by atoms with Gasteiger partial charge >= 0.3 is 0 Å². The summed E-state index contributed by atoms with van der Waals surface area (Å²) in [7, 11) is 0. The first-order valence-electron chi connectivity index (χ1n) is 14.4. The molecule has 0 amide bonds. The fourth-order valence-corrected chi connectivity index (χ4v) is 5.40. The average molecular weight is 533 g/mol. The van der Waals surface area contributed by atoms with Crippen molar-refractivity contribution in [3.8, 4) is 33.9 Å². The molecule has 0 atom stereocenters. The van der Waals surface area contributed by atoms with E-state index >= 15 is 0 Å². The van der Waals surface area contributed by atoms with Gasteiger partial charge in [0.25, 0.3) is 0 Å². The molecule has 0 fully saturated rings. The lowest BCUT2D eigenvalue weighted by Gasteiger charge is -2.18. The molecular weight excluding hydrogens is 492 g/mol. The number of rotatable bonds is 8. The second kappa shape index (κ2) is 11.2. The maximum absolute atomic E-state index is 4.59. The SMILES string of the molecule is CC(C)c1cccc(C(C)C)c1-n1cc(-c2cccc(-c3cn(-c4c(C(C)C)cccc4C(C)C)nn3)c2)nn1. The fraction of sp³-hybridized carbons (Fsp3) is 0.353. The van der Waals surface area contributed by atoms with Gasteiger partial charge in [0.2, 0.25) is 0 Å². The van der Waals surface area contributed by atoms with E-state index in [1.807, 2.05) is 27.8 Å². The van der Waals surface area contributed by atoms with Crippen LogP contribution in [0.25, 0.3) is 33.9 Å². The molecule has 0 N–H and O–H groups in total. The lowest BCUT2D eigenvalue weighted by Crippen LogP contribution is -2.07.